The number of hydrogen-bond acceptors (Lipinski definition) is 0. The van der Waals surface area contributed by atoms with Gasteiger partial charge < -0.3 is 0 Å². The molecule has 2 saturated carbocycles. The fourth-order valence-electron chi connectivity index (χ4n) is 4.78. The maximum Gasteiger partial charge on any atom is 0.00506 e. The van der Waals surface area contributed by atoms with Gasteiger partial charge in [0.05, 0.1) is 0 Å². The van der Waals surface area contributed by atoms with Crippen LogP contribution in [0.5, 0.6) is 0 Å². The third-order valence-corrected chi connectivity index (χ3v) is 6.42. The van der Waals surface area contributed by atoms with Crippen LogP contribution in [-0.2, 0) is 16.8 Å². The summed E-state index contributed by atoms with van der Waals surface area (Å²) in [5, 5.41) is 0. The first-order valence-electron chi connectivity index (χ1n) is 8.74. The van der Waals surface area contributed by atoms with Crippen LogP contribution >= 0.6 is 0 Å². The van der Waals surface area contributed by atoms with Crippen LogP contribution in [0.4, 0.5) is 0 Å². The van der Waals surface area contributed by atoms with Crippen LogP contribution in [-0.4, -0.2) is 0 Å². The summed E-state index contributed by atoms with van der Waals surface area (Å²) in [6.07, 6.45) is 26.2. The molecule has 1 heteroatoms. The van der Waals surface area contributed by atoms with E-state index >= 15 is 0 Å². The van der Waals surface area contributed by atoms with E-state index in [1.165, 1.54) is 51.4 Å². The minimum Gasteiger partial charge on any atom is -0.0767 e. The SMILES string of the molecule is C[C@]12CCCCC1=CC=C1CCCC[C@]12C.[CH]1C=CC=C1.[Co]. The van der Waals surface area contributed by atoms with Gasteiger partial charge in [-0.3, -0.25) is 0 Å². The molecule has 0 aromatic heterocycles. The van der Waals surface area contributed by atoms with Crippen molar-refractivity contribution < 1.29 is 16.8 Å². The van der Waals surface area contributed by atoms with Crippen molar-refractivity contribution in [3.8, 4) is 0 Å². The minimum absolute atomic E-state index is 0. The molecule has 2 radical (unpaired) electrons. The molecule has 0 nitrogen and oxygen atoms in total. The molecule has 0 amide bonds. The van der Waals surface area contributed by atoms with Crippen molar-refractivity contribution in [3.63, 3.8) is 0 Å². The molecule has 22 heavy (non-hydrogen) atoms. The minimum atomic E-state index is 0. The van der Waals surface area contributed by atoms with E-state index < -0.39 is 0 Å². The molecule has 0 bridgehead atoms. The molecule has 0 aromatic carbocycles. The molecule has 122 valence electrons. The van der Waals surface area contributed by atoms with Crippen molar-refractivity contribution in [2.75, 3.05) is 0 Å². The summed E-state index contributed by atoms with van der Waals surface area (Å²) in [6, 6.07) is 0. The van der Waals surface area contributed by atoms with Gasteiger partial charge in [-0.1, -0.05) is 74.3 Å². The second kappa shape index (κ2) is 7.36. The second-order valence-corrected chi connectivity index (χ2v) is 7.42. The fourth-order valence-corrected chi connectivity index (χ4v) is 4.78. The summed E-state index contributed by atoms with van der Waals surface area (Å²) in [4.78, 5) is 0. The van der Waals surface area contributed by atoms with Gasteiger partial charge in [0.1, 0.15) is 0 Å². The Kier molecular flexibility index (Phi) is 5.96. The maximum absolute atomic E-state index is 2.55. The molecule has 0 aliphatic heterocycles. The average molecular weight is 340 g/mol. The Morgan fingerprint density at radius 1 is 0.682 bits per heavy atom. The van der Waals surface area contributed by atoms with Gasteiger partial charge in [-0.2, -0.15) is 0 Å². The van der Waals surface area contributed by atoms with Gasteiger partial charge in [-0.15, -0.1) is 0 Å². The van der Waals surface area contributed by atoms with Crippen LogP contribution in [0.15, 0.2) is 47.6 Å². The van der Waals surface area contributed by atoms with Gasteiger partial charge in [-0.05, 0) is 49.4 Å². The molecule has 4 aliphatic carbocycles. The molecule has 2 atom stereocenters. The van der Waals surface area contributed by atoms with E-state index in [4.69, 9.17) is 0 Å². The van der Waals surface area contributed by atoms with Crippen LogP contribution in [0.3, 0.4) is 0 Å². The molecule has 0 unspecified atom stereocenters. The van der Waals surface area contributed by atoms with Crippen molar-refractivity contribution in [2.45, 2.75) is 65.2 Å². The van der Waals surface area contributed by atoms with Gasteiger partial charge >= 0.3 is 0 Å². The van der Waals surface area contributed by atoms with E-state index in [1.54, 1.807) is 11.1 Å². The van der Waals surface area contributed by atoms with E-state index in [1.807, 2.05) is 30.7 Å². The smallest absolute Gasteiger partial charge is 0.00506 e. The standard InChI is InChI=1S/C16H24.C5H5.Co/c1-15-11-5-3-7-13(15)9-10-14-8-4-6-12-16(14,15)2;1-2-4-5-3-1;/h9-10H,3-8,11-12H2,1-2H3;1-5H;/t15-,16+;;. The summed E-state index contributed by atoms with van der Waals surface area (Å²) in [7, 11) is 0. The van der Waals surface area contributed by atoms with Crippen molar-refractivity contribution >= 4 is 0 Å². The Morgan fingerprint density at radius 3 is 1.50 bits per heavy atom. The number of fused-ring (bicyclic) bond motifs is 3. The van der Waals surface area contributed by atoms with Gasteiger partial charge in [0.2, 0.25) is 0 Å². The van der Waals surface area contributed by atoms with E-state index in [-0.39, 0.29) is 16.8 Å². The number of allylic oxidation sites excluding steroid dienone is 8. The zero-order valence-corrected chi connectivity index (χ0v) is 15.1. The van der Waals surface area contributed by atoms with Crippen molar-refractivity contribution in [1.29, 1.82) is 0 Å². The molecular weight excluding hydrogens is 311 g/mol. The van der Waals surface area contributed by atoms with E-state index in [0.29, 0.717) is 10.8 Å². The first-order chi connectivity index (χ1) is 10.2. The Morgan fingerprint density at radius 2 is 1.14 bits per heavy atom. The van der Waals surface area contributed by atoms with Crippen LogP contribution in [0.2, 0.25) is 0 Å². The first kappa shape index (κ1) is 17.8. The molecule has 0 N–H and O–H groups in total. The monoisotopic (exact) mass is 340 g/mol. The molecule has 0 aromatic rings. The molecule has 0 spiro atoms. The van der Waals surface area contributed by atoms with Crippen LogP contribution in [0.1, 0.15) is 65.2 Å². The van der Waals surface area contributed by atoms with Crippen LogP contribution in [0, 0.1) is 17.3 Å². The topological polar surface area (TPSA) is 0 Å². The second-order valence-electron chi connectivity index (χ2n) is 7.42. The Labute approximate surface area is 147 Å². The summed E-state index contributed by atoms with van der Waals surface area (Å²) >= 11 is 0. The third kappa shape index (κ3) is 3.07. The number of hydrogen-bond donors (Lipinski definition) is 0. The predicted octanol–water partition coefficient (Wildman–Crippen LogP) is 6.33. The Hall–Kier alpha value is -0.534. The van der Waals surface area contributed by atoms with E-state index in [9.17, 15) is 0 Å². The maximum atomic E-state index is 2.55. The predicted molar refractivity (Wildman–Crippen MR) is 91.9 cm³/mol. The summed E-state index contributed by atoms with van der Waals surface area (Å²) in [6.45, 7) is 5.10. The van der Waals surface area contributed by atoms with E-state index in [0.717, 1.165) is 0 Å². The van der Waals surface area contributed by atoms with Crippen molar-refractivity contribution in [3.05, 3.63) is 54.0 Å². The van der Waals surface area contributed by atoms with E-state index in [2.05, 4.69) is 26.0 Å². The van der Waals surface area contributed by atoms with Crippen molar-refractivity contribution in [2.24, 2.45) is 10.8 Å². The molecule has 2 fully saturated rings. The fraction of sp³-hybridized carbons (Fsp3) is 0.571. The normalized spacial score (nSPS) is 35.2. The van der Waals surface area contributed by atoms with Crippen LogP contribution in [0.25, 0.3) is 0 Å². The zero-order valence-electron chi connectivity index (χ0n) is 14.0. The van der Waals surface area contributed by atoms with Gasteiger partial charge in [-0.25, -0.2) is 0 Å². The zero-order chi connectivity index (χ0) is 14.8. The Bertz CT molecular complexity index is 462. The largest absolute Gasteiger partial charge is 0.0767 e. The number of rotatable bonds is 0. The van der Waals surface area contributed by atoms with Gasteiger partial charge in [0.15, 0.2) is 0 Å². The molecule has 4 rings (SSSR count). The summed E-state index contributed by atoms with van der Waals surface area (Å²) in [5.41, 5.74) is 4.50. The average Bonchev–Trinajstić information content (AvgIpc) is 3.07. The van der Waals surface area contributed by atoms with Crippen molar-refractivity contribution in [1.82, 2.24) is 0 Å². The summed E-state index contributed by atoms with van der Waals surface area (Å²) in [5.74, 6) is 0. The Balaban J connectivity index is 0.000000253. The first-order valence-corrected chi connectivity index (χ1v) is 8.74. The van der Waals surface area contributed by atoms with Gasteiger partial charge in [0, 0.05) is 23.2 Å². The van der Waals surface area contributed by atoms with Crippen LogP contribution < -0.4 is 0 Å². The molecular formula is C21H29Co. The summed E-state index contributed by atoms with van der Waals surface area (Å²) < 4.78 is 0. The molecule has 4 aliphatic rings. The third-order valence-electron chi connectivity index (χ3n) is 6.42. The van der Waals surface area contributed by atoms with Gasteiger partial charge in [0.25, 0.3) is 0 Å². The quantitative estimate of drug-likeness (QED) is 0.483. The molecule has 0 heterocycles. The molecule has 0 saturated heterocycles.